The Morgan fingerprint density at radius 1 is 1.50 bits per heavy atom. The zero-order valence-corrected chi connectivity index (χ0v) is 8.53. The van der Waals surface area contributed by atoms with Gasteiger partial charge in [-0.05, 0) is 12.1 Å². The third-order valence-corrected chi connectivity index (χ3v) is 2.92. The van der Waals surface area contributed by atoms with E-state index in [4.69, 9.17) is 0 Å². The highest BCUT2D eigenvalue weighted by Crippen LogP contribution is 2.30. The smallest absolute Gasteiger partial charge is 0.248 e. The number of halogens is 1. The first-order valence-corrected chi connectivity index (χ1v) is 5.20. The monoisotopic (exact) mass is 222 g/mol. The van der Waals surface area contributed by atoms with Crippen molar-refractivity contribution in [3.05, 3.63) is 18.1 Å². The van der Waals surface area contributed by atoms with Crippen LogP contribution in [-0.4, -0.2) is 36.6 Å². The first kappa shape index (κ1) is 9.53. The van der Waals surface area contributed by atoms with E-state index in [-0.39, 0.29) is 11.9 Å². The van der Waals surface area contributed by atoms with Crippen LogP contribution in [0.4, 0.5) is 15.9 Å². The molecule has 1 amide bonds. The maximum atomic E-state index is 13.1. The van der Waals surface area contributed by atoms with Gasteiger partial charge >= 0.3 is 0 Å². The lowest BCUT2D eigenvalue weighted by Gasteiger charge is -2.40. The van der Waals surface area contributed by atoms with Crippen molar-refractivity contribution in [2.45, 2.75) is 6.04 Å². The number of amides is 1. The number of anilines is 2. The van der Waals surface area contributed by atoms with Gasteiger partial charge in [-0.3, -0.25) is 4.79 Å². The van der Waals surface area contributed by atoms with Crippen molar-refractivity contribution in [3.63, 3.8) is 0 Å². The molecule has 1 aromatic rings. The third kappa shape index (κ3) is 1.34. The average molecular weight is 222 g/mol. The molecule has 2 aliphatic heterocycles. The molecule has 16 heavy (non-hydrogen) atoms. The lowest BCUT2D eigenvalue weighted by atomic mass is 10.1. The summed E-state index contributed by atoms with van der Waals surface area (Å²) in [5.41, 5.74) is 0.588. The maximum absolute atomic E-state index is 13.1. The number of pyridine rings is 1. The SMILES string of the molecule is O=C1Nc2ccc(F)nc2N2CCNCC12. The molecule has 1 unspecified atom stereocenters. The van der Waals surface area contributed by atoms with Crippen molar-refractivity contribution >= 4 is 17.4 Å². The van der Waals surface area contributed by atoms with E-state index in [9.17, 15) is 9.18 Å². The van der Waals surface area contributed by atoms with Crippen molar-refractivity contribution < 1.29 is 9.18 Å². The Balaban J connectivity index is 2.07. The van der Waals surface area contributed by atoms with E-state index < -0.39 is 5.95 Å². The Morgan fingerprint density at radius 2 is 2.38 bits per heavy atom. The van der Waals surface area contributed by atoms with Crippen molar-refractivity contribution in [1.82, 2.24) is 10.3 Å². The van der Waals surface area contributed by atoms with Crippen LogP contribution in [0.2, 0.25) is 0 Å². The minimum absolute atomic E-state index is 0.0619. The highest BCUT2D eigenvalue weighted by atomic mass is 19.1. The van der Waals surface area contributed by atoms with Crippen LogP contribution in [-0.2, 0) is 4.79 Å². The summed E-state index contributed by atoms with van der Waals surface area (Å²) < 4.78 is 13.1. The Hall–Kier alpha value is -1.69. The second kappa shape index (κ2) is 3.41. The number of piperazine rings is 1. The molecular formula is C10H11FN4O. The molecule has 1 aromatic heterocycles. The van der Waals surface area contributed by atoms with Crippen molar-refractivity contribution in [2.75, 3.05) is 29.9 Å². The highest BCUT2D eigenvalue weighted by Gasteiger charge is 2.35. The Labute approximate surface area is 91.7 Å². The number of nitrogens with one attached hydrogen (secondary N) is 2. The van der Waals surface area contributed by atoms with Crippen LogP contribution in [0.25, 0.3) is 0 Å². The van der Waals surface area contributed by atoms with Crippen LogP contribution in [0.3, 0.4) is 0 Å². The topological polar surface area (TPSA) is 57.3 Å². The highest BCUT2D eigenvalue weighted by molar-refractivity contribution is 6.03. The van der Waals surface area contributed by atoms with Gasteiger partial charge in [-0.1, -0.05) is 0 Å². The van der Waals surface area contributed by atoms with Crippen LogP contribution in [0.5, 0.6) is 0 Å². The zero-order valence-electron chi connectivity index (χ0n) is 8.53. The van der Waals surface area contributed by atoms with Gasteiger partial charge in [0, 0.05) is 19.6 Å². The van der Waals surface area contributed by atoms with E-state index in [1.165, 1.54) is 6.07 Å². The second-order valence-corrected chi connectivity index (χ2v) is 3.91. The molecule has 3 rings (SSSR count). The summed E-state index contributed by atoms with van der Waals surface area (Å²) in [6.45, 7) is 2.02. The molecule has 2 aliphatic rings. The predicted octanol–water partition coefficient (Wildman–Crippen LogP) is -0.0490. The van der Waals surface area contributed by atoms with E-state index in [2.05, 4.69) is 15.6 Å². The number of fused-ring (bicyclic) bond motifs is 3. The van der Waals surface area contributed by atoms with Gasteiger partial charge < -0.3 is 15.5 Å². The van der Waals surface area contributed by atoms with Gasteiger partial charge in [-0.15, -0.1) is 0 Å². The summed E-state index contributed by atoms with van der Waals surface area (Å²) in [6.07, 6.45) is 0. The number of aromatic nitrogens is 1. The molecule has 2 N–H and O–H groups in total. The quantitative estimate of drug-likeness (QED) is 0.604. The molecule has 0 saturated carbocycles. The Bertz CT molecular complexity index is 450. The number of carbonyl (C=O) groups is 1. The summed E-state index contributed by atoms with van der Waals surface area (Å²) in [5, 5.41) is 5.87. The van der Waals surface area contributed by atoms with Gasteiger partial charge in [-0.2, -0.15) is 4.39 Å². The minimum atomic E-state index is -0.521. The molecule has 84 valence electrons. The first-order chi connectivity index (χ1) is 7.75. The molecule has 0 spiro atoms. The summed E-state index contributed by atoms with van der Waals surface area (Å²) in [4.78, 5) is 17.5. The maximum Gasteiger partial charge on any atom is 0.248 e. The van der Waals surface area contributed by atoms with Gasteiger partial charge in [-0.25, -0.2) is 4.98 Å². The molecule has 0 bridgehead atoms. The summed E-state index contributed by atoms with van der Waals surface area (Å²) >= 11 is 0. The summed E-state index contributed by atoms with van der Waals surface area (Å²) in [5.74, 6) is -0.0496. The van der Waals surface area contributed by atoms with E-state index in [0.29, 0.717) is 24.6 Å². The van der Waals surface area contributed by atoms with Gasteiger partial charge in [0.05, 0.1) is 5.69 Å². The Kier molecular flexibility index (Phi) is 2.03. The number of rotatable bonds is 0. The normalized spacial score (nSPS) is 23.4. The van der Waals surface area contributed by atoms with Crippen LogP contribution >= 0.6 is 0 Å². The fourth-order valence-corrected chi connectivity index (χ4v) is 2.15. The van der Waals surface area contributed by atoms with Crippen LogP contribution in [0, 0.1) is 5.95 Å². The molecule has 1 saturated heterocycles. The van der Waals surface area contributed by atoms with E-state index in [1.54, 1.807) is 6.07 Å². The number of carbonyl (C=O) groups excluding carboxylic acids is 1. The first-order valence-electron chi connectivity index (χ1n) is 5.20. The number of hydrogen-bond acceptors (Lipinski definition) is 4. The number of hydrogen-bond donors (Lipinski definition) is 2. The van der Waals surface area contributed by atoms with E-state index >= 15 is 0 Å². The molecule has 5 nitrogen and oxygen atoms in total. The second-order valence-electron chi connectivity index (χ2n) is 3.91. The van der Waals surface area contributed by atoms with Crippen molar-refractivity contribution in [3.8, 4) is 0 Å². The molecule has 0 radical (unpaired) electrons. The molecule has 0 aromatic carbocycles. The summed E-state index contributed by atoms with van der Waals surface area (Å²) in [6, 6.07) is 2.52. The van der Waals surface area contributed by atoms with Gasteiger partial charge in [0.15, 0.2) is 5.82 Å². The average Bonchev–Trinajstić information content (AvgIpc) is 2.31. The largest absolute Gasteiger partial charge is 0.340 e. The summed E-state index contributed by atoms with van der Waals surface area (Å²) in [7, 11) is 0. The molecule has 1 atom stereocenters. The van der Waals surface area contributed by atoms with Gasteiger partial charge in [0.2, 0.25) is 11.9 Å². The van der Waals surface area contributed by atoms with Crippen LogP contribution < -0.4 is 15.5 Å². The predicted molar refractivity (Wildman–Crippen MR) is 56.8 cm³/mol. The van der Waals surface area contributed by atoms with E-state index in [1.807, 2.05) is 4.90 Å². The standard InChI is InChI=1S/C10H11FN4O/c11-8-2-1-6-9(14-8)15-4-3-12-5-7(15)10(16)13-6/h1-2,7,12H,3-5H2,(H,13,16). The van der Waals surface area contributed by atoms with Crippen LogP contribution in [0.15, 0.2) is 12.1 Å². The van der Waals surface area contributed by atoms with Gasteiger partial charge in [0.1, 0.15) is 6.04 Å². The van der Waals surface area contributed by atoms with Gasteiger partial charge in [0.25, 0.3) is 0 Å². The Morgan fingerprint density at radius 3 is 3.25 bits per heavy atom. The third-order valence-electron chi connectivity index (χ3n) is 2.92. The fraction of sp³-hybridized carbons (Fsp3) is 0.400. The van der Waals surface area contributed by atoms with Crippen molar-refractivity contribution in [1.29, 1.82) is 0 Å². The molecular weight excluding hydrogens is 211 g/mol. The van der Waals surface area contributed by atoms with Crippen molar-refractivity contribution in [2.24, 2.45) is 0 Å². The lowest BCUT2D eigenvalue weighted by Crippen LogP contribution is -2.59. The zero-order chi connectivity index (χ0) is 11.1. The lowest BCUT2D eigenvalue weighted by molar-refractivity contribution is -0.117. The van der Waals surface area contributed by atoms with E-state index in [0.717, 1.165) is 6.54 Å². The molecule has 3 heterocycles. The number of nitrogens with zero attached hydrogens (tertiary/aromatic N) is 2. The van der Waals surface area contributed by atoms with Crippen LogP contribution in [0.1, 0.15) is 0 Å². The molecule has 1 fully saturated rings. The minimum Gasteiger partial charge on any atom is -0.340 e. The molecule has 6 heteroatoms. The molecule has 0 aliphatic carbocycles. The fourth-order valence-electron chi connectivity index (χ4n) is 2.15.